The molecule has 76 heavy (non-hydrogen) atoms. The van der Waals surface area contributed by atoms with Crippen molar-refractivity contribution in [2.45, 2.75) is 19.3 Å². The van der Waals surface area contributed by atoms with Crippen LogP contribution in [0, 0.1) is 0 Å². The molecule has 0 radical (unpaired) electrons. The van der Waals surface area contributed by atoms with Crippen LogP contribution in [-0.2, 0) is 5.41 Å². The van der Waals surface area contributed by atoms with Gasteiger partial charge in [-0.05, 0) is 156 Å². The van der Waals surface area contributed by atoms with Crippen molar-refractivity contribution >= 4 is 99.2 Å². The summed E-state index contributed by atoms with van der Waals surface area (Å²) in [6, 6.07) is 97.7. The Morgan fingerprint density at radius 3 is 1.47 bits per heavy atom. The van der Waals surface area contributed by atoms with E-state index in [2.05, 4.69) is 285 Å². The Balaban J connectivity index is 0.835. The summed E-state index contributed by atoms with van der Waals surface area (Å²) in [5.74, 6) is 0. The molecular weight excluding hydrogens is 921 g/mol. The molecule has 1 heterocycles. The lowest BCUT2D eigenvalue weighted by Crippen LogP contribution is -2.16. The molecule has 1 aliphatic rings. The van der Waals surface area contributed by atoms with Crippen molar-refractivity contribution in [1.29, 1.82) is 0 Å². The van der Waals surface area contributed by atoms with Crippen LogP contribution in [0.2, 0.25) is 0 Å². The molecule has 0 atom stereocenters. The van der Waals surface area contributed by atoms with Gasteiger partial charge in [-0.25, -0.2) is 0 Å². The van der Waals surface area contributed by atoms with E-state index in [9.17, 15) is 0 Å². The van der Waals surface area contributed by atoms with Gasteiger partial charge in [-0.3, -0.25) is 0 Å². The molecule has 3 heteroatoms. The Labute approximate surface area is 441 Å². The van der Waals surface area contributed by atoms with Crippen molar-refractivity contribution in [3.05, 3.63) is 278 Å². The van der Waals surface area contributed by atoms with Crippen LogP contribution >= 0.6 is 0 Å². The molecule has 0 unspecified atom stereocenters. The molecule has 0 amide bonds. The maximum absolute atomic E-state index is 6.55. The summed E-state index contributed by atoms with van der Waals surface area (Å²) in [7, 11) is 0. The maximum atomic E-state index is 6.55. The number of fused-ring (bicyclic) bond motifs is 13. The molecule has 0 saturated heterocycles. The van der Waals surface area contributed by atoms with E-state index in [-0.39, 0.29) is 5.41 Å². The molecule has 3 nitrogen and oxygen atoms in total. The van der Waals surface area contributed by atoms with Gasteiger partial charge in [0.1, 0.15) is 11.2 Å². The summed E-state index contributed by atoms with van der Waals surface area (Å²) < 4.78 is 6.55. The number of nitrogens with zero attached hydrogens (tertiary/aromatic N) is 2. The predicted molar refractivity (Wildman–Crippen MR) is 322 cm³/mol. The van der Waals surface area contributed by atoms with Crippen molar-refractivity contribution < 1.29 is 4.42 Å². The molecule has 0 N–H and O–H groups in total. The second-order valence-electron chi connectivity index (χ2n) is 20.8. The van der Waals surface area contributed by atoms with Crippen molar-refractivity contribution in [3.63, 3.8) is 0 Å². The number of hydrogen-bond donors (Lipinski definition) is 0. The zero-order valence-electron chi connectivity index (χ0n) is 42.2. The van der Waals surface area contributed by atoms with E-state index in [0.717, 1.165) is 78.3 Å². The van der Waals surface area contributed by atoms with E-state index in [1.54, 1.807) is 0 Å². The zero-order valence-corrected chi connectivity index (χ0v) is 42.2. The lowest BCUT2D eigenvalue weighted by atomic mass is 9.81. The van der Waals surface area contributed by atoms with Gasteiger partial charge in [-0.15, -0.1) is 0 Å². The summed E-state index contributed by atoms with van der Waals surface area (Å²) in [6.45, 7) is 4.76. The van der Waals surface area contributed by atoms with Crippen LogP contribution in [0.25, 0.3) is 98.4 Å². The fourth-order valence-corrected chi connectivity index (χ4v) is 12.5. The number of hydrogen-bond acceptors (Lipinski definition) is 3. The van der Waals surface area contributed by atoms with Gasteiger partial charge in [-0.2, -0.15) is 0 Å². The highest BCUT2D eigenvalue weighted by molar-refractivity contribution is 6.26. The summed E-state index contributed by atoms with van der Waals surface area (Å²) in [5.41, 5.74) is 18.0. The molecule has 14 aromatic rings. The smallest absolute Gasteiger partial charge is 0.143 e. The average molecular weight is 971 g/mol. The SMILES string of the molecule is CC1(C)c2cc(-c3cccc4c3oc3ccccc34)ccc2-c2ccc(N(c3ccc(-c4ccc(N(c5ccccc5)c5cccc6ccccc56)cc4)cc3)c3ccc4c5ccccc5c5ccccc5c4c3)cc21. The minimum absolute atomic E-state index is 0.275. The molecule has 0 fully saturated rings. The predicted octanol–water partition coefficient (Wildman–Crippen LogP) is 20.8. The van der Waals surface area contributed by atoms with Crippen LogP contribution < -0.4 is 9.80 Å². The van der Waals surface area contributed by atoms with Gasteiger partial charge in [0, 0.05) is 55.6 Å². The molecule has 0 saturated carbocycles. The second-order valence-corrected chi connectivity index (χ2v) is 20.8. The lowest BCUT2D eigenvalue weighted by molar-refractivity contribution is 0.660. The van der Waals surface area contributed by atoms with Gasteiger partial charge in [-0.1, -0.05) is 202 Å². The summed E-state index contributed by atoms with van der Waals surface area (Å²) in [5, 5.41) is 12.3. The quantitative estimate of drug-likeness (QED) is 0.142. The molecule has 1 aromatic heterocycles. The monoisotopic (exact) mass is 970 g/mol. The number of para-hydroxylation sites is 3. The Morgan fingerprint density at radius 1 is 0.289 bits per heavy atom. The summed E-state index contributed by atoms with van der Waals surface area (Å²) in [4.78, 5) is 4.81. The summed E-state index contributed by atoms with van der Waals surface area (Å²) in [6.07, 6.45) is 0. The topological polar surface area (TPSA) is 19.6 Å². The Hall–Kier alpha value is -9.70. The van der Waals surface area contributed by atoms with Crippen LogP contribution in [0.1, 0.15) is 25.0 Å². The van der Waals surface area contributed by atoms with E-state index < -0.39 is 0 Å². The first-order valence-electron chi connectivity index (χ1n) is 26.3. The van der Waals surface area contributed by atoms with E-state index in [1.165, 1.54) is 65.3 Å². The van der Waals surface area contributed by atoms with Crippen LogP contribution in [0.3, 0.4) is 0 Å². The molecular formula is C73H50N2O. The molecule has 0 aliphatic heterocycles. The van der Waals surface area contributed by atoms with Gasteiger partial charge >= 0.3 is 0 Å². The number of benzene rings is 13. The van der Waals surface area contributed by atoms with Crippen LogP contribution in [0.5, 0.6) is 0 Å². The van der Waals surface area contributed by atoms with Crippen LogP contribution in [0.15, 0.2) is 271 Å². The minimum Gasteiger partial charge on any atom is -0.455 e. The van der Waals surface area contributed by atoms with Crippen molar-refractivity contribution in [1.82, 2.24) is 0 Å². The Bertz CT molecular complexity index is 4570. The molecule has 358 valence electrons. The first kappa shape index (κ1) is 43.8. The van der Waals surface area contributed by atoms with E-state index in [4.69, 9.17) is 4.42 Å². The first-order chi connectivity index (χ1) is 37.4. The standard InChI is InChI=1S/C73H50N2O/c1-73(2)68-44-50(57-26-15-27-66-65-25-12-13-29-71(65)76-72(57)66)34-41-63(68)64-43-40-55(46-69(64)73)74(54-39-42-62-60-23-9-8-21-58(60)59-22-10-11-24-61(59)67(62)45-54)52-35-30-47(31-36-52)48-32-37-53(38-33-48)75(51-18-4-3-5-19-51)70-28-14-17-49-16-6-7-20-56(49)70/h3-46H,1-2H3. The molecule has 15 rings (SSSR count). The van der Waals surface area contributed by atoms with E-state index in [0.29, 0.717) is 0 Å². The van der Waals surface area contributed by atoms with Gasteiger partial charge in [0.2, 0.25) is 0 Å². The normalized spacial score (nSPS) is 12.7. The van der Waals surface area contributed by atoms with Crippen molar-refractivity contribution in [2.75, 3.05) is 9.80 Å². The summed E-state index contributed by atoms with van der Waals surface area (Å²) >= 11 is 0. The molecule has 0 bridgehead atoms. The zero-order chi connectivity index (χ0) is 50.5. The fourth-order valence-electron chi connectivity index (χ4n) is 12.5. The fraction of sp³-hybridized carbons (Fsp3) is 0.0411. The third kappa shape index (κ3) is 6.90. The highest BCUT2D eigenvalue weighted by atomic mass is 16.3. The largest absolute Gasteiger partial charge is 0.455 e. The van der Waals surface area contributed by atoms with E-state index >= 15 is 0 Å². The lowest BCUT2D eigenvalue weighted by Gasteiger charge is -2.29. The van der Waals surface area contributed by atoms with Gasteiger partial charge in [0.15, 0.2) is 0 Å². The number of rotatable bonds is 8. The second kappa shape index (κ2) is 17.2. The third-order valence-electron chi connectivity index (χ3n) is 16.2. The number of furan rings is 1. The first-order valence-corrected chi connectivity index (χ1v) is 26.3. The van der Waals surface area contributed by atoms with Crippen LogP contribution in [0.4, 0.5) is 34.1 Å². The highest BCUT2D eigenvalue weighted by Gasteiger charge is 2.37. The van der Waals surface area contributed by atoms with Gasteiger partial charge in [0.05, 0.1) is 5.69 Å². The molecule has 13 aromatic carbocycles. The Kier molecular flexibility index (Phi) is 9.92. The number of anilines is 6. The van der Waals surface area contributed by atoms with Crippen molar-refractivity contribution in [3.8, 4) is 33.4 Å². The van der Waals surface area contributed by atoms with E-state index in [1.807, 2.05) is 6.07 Å². The van der Waals surface area contributed by atoms with Crippen molar-refractivity contribution in [2.24, 2.45) is 0 Å². The highest BCUT2D eigenvalue weighted by Crippen LogP contribution is 2.53. The van der Waals surface area contributed by atoms with Gasteiger partial charge in [0.25, 0.3) is 0 Å². The maximum Gasteiger partial charge on any atom is 0.143 e. The molecule has 0 spiro atoms. The van der Waals surface area contributed by atoms with Gasteiger partial charge < -0.3 is 14.2 Å². The minimum atomic E-state index is -0.275. The molecule has 1 aliphatic carbocycles. The van der Waals surface area contributed by atoms with Crippen LogP contribution in [-0.4, -0.2) is 0 Å². The average Bonchev–Trinajstić information content (AvgIpc) is 4.05. The Morgan fingerprint density at radius 2 is 0.763 bits per heavy atom. The third-order valence-corrected chi connectivity index (χ3v) is 16.2.